The van der Waals surface area contributed by atoms with Crippen LogP contribution in [0.4, 0.5) is 0 Å². The van der Waals surface area contributed by atoms with Crippen molar-refractivity contribution in [2.75, 3.05) is 0 Å². The van der Waals surface area contributed by atoms with E-state index in [1.54, 1.807) is 18.6 Å². The molecule has 0 spiro atoms. The van der Waals surface area contributed by atoms with Gasteiger partial charge in [0.1, 0.15) is 0 Å². The summed E-state index contributed by atoms with van der Waals surface area (Å²) in [5.41, 5.74) is 3.48. The number of Topliss-reactive ketones (excluding diaryl/α,β-unsaturated/α-hetero) is 1. The van der Waals surface area contributed by atoms with Crippen LogP contribution < -0.4 is 0 Å². The smallest absolute Gasteiger partial charge is 0.176 e. The summed E-state index contributed by atoms with van der Waals surface area (Å²) in [5.74, 6) is 0.1000. The predicted octanol–water partition coefficient (Wildman–Crippen LogP) is 2.52. The molecule has 0 saturated heterocycles. The fourth-order valence-corrected chi connectivity index (χ4v) is 3.34. The van der Waals surface area contributed by atoms with Crippen molar-refractivity contribution in [1.82, 2.24) is 19.4 Å². The summed E-state index contributed by atoms with van der Waals surface area (Å²) in [6, 6.07) is 1.89. The number of hydrogen-bond acceptors (Lipinski definition) is 4. The van der Waals surface area contributed by atoms with Gasteiger partial charge in [0.2, 0.25) is 0 Å². The van der Waals surface area contributed by atoms with E-state index in [1.165, 1.54) is 0 Å². The van der Waals surface area contributed by atoms with Crippen molar-refractivity contribution in [2.24, 2.45) is 0 Å². The third-order valence-corrected chi connectivity index (χ3v) is 4.66. The Bertz CT molecular complexity index is 899. The lowest BCUT2D eigenvalue weighted by atomic mass is 9.70. The highest BCUT2D eigenvalue weighted by molar-refractivity contribution is 6.07. The predicted molar refractivity (Wildman–Crippen MR) is 82.0 cm³/mol. The third-order valence-electron chi connectivity index (χ3n) is 4.66. The first kappa shape index (κ1) is 13.1. The molecule has 3 heterocycles. The maximum absolute atomic E-state index is 13.2. The number of carbonyl (C=O) groups is 1. The standard InChI is InChI=1S/C17H16N4O/c1-11-4-6-18-12-3-5-17(2,15(22)13(11)12)14-16-20-8-10-21(16)9-7-19-14/h4,6-10H,3,5H2,1-2H3. The molecule has 1 aliphatic rings. The lowest BCUT2D eigenvalue weighted by Gasteiger charge is -2.33. The molecule has 0 aliphatic heterocycles. The number of fused-ring (bicyclic) bond motifs is 2. The van der Waals surface area contributed by atoms with Gasteiger partial charge in [0, 0.05) is 36.5 Å². The number of aromatic nitrogens is 4. The minimum Gasteiger partial charge on any atom is -0.304 e. The van der Waals surface area contributed by atoms with E-state index in [0.717, 1.165) is 34.6 Å². The molecule has 0 bridgehead atoms. The molecular weight excluding hydrogens is 276 g/mol. The summed E-state index contributed by atoms with van der Waals surface area (Å²) >= 11 is 0. The van der Waals surface area contributed by atoms with Crippen molar-refractivity contribution in [1.29, 1.82) is 0 Å². The molecule has 1 atom stereocenters. The highest BCUT2D eigenvalue weighted by Gasteiger charge is 2.43. The van der Waals surface area contributed by atoms with Crippen LogP contribution in [0.15, 0.2) is 37.1 Å². The van der Waals surface area contributed by atoms with Crippen LogP contribution in [0, 0.1) is 6.92 Å². The van der Waals surface area contributed by atoms with Gasteiger partial charge in [-0.1, -0.05) is 0 Å². The van der Waals surface area contributed by atoms with E-state index in [4.69, 9.17) is 0 Å². The number of rotatable bonds is 1. The Balaban J connectivity index is 1.94. The molecule has 0 aromatic carbocycles. The van der Waals surface area contributed by atoms with Gasteiger partial charge < -0.3 is 4.40 Å². The molecule has 4 rings (SSSR count). The largest absolute Gasteiger partial charge is 0.304 e. The summed E-state index contributed by atoms with van der Waals surface area (Å²) in [4.78, 5) is 26.5. The van der Waals surface area contributed by atoms with E-state index < -0.39 is 5.41 Å². The number of nitrogens with zero attached hydrogens (tertiary/aromatic N) is 4. The fraction of sp³-hybridized carbons (Fsp3) is 0.294. The lowest BCUT2D eigenvalue weighted by molar-refractivity contribution is 0.0870. The SMILES string of the molecule is Cc1ccnc2c1C(=O)C(C)(c1nccn3ccnc13)CC2. The monoisotopic (exact) mass is 292 g/mol. The van der Waals surface area contributed by atoms with Gasteiger partial charge in [0.25, 0.3) is 0 Å². The van der Waals surface area contributed by atoms with Crippen LogP contribution in [0.3, 0.4) is 0 Å². The topological polar surface area (TPSA) is 60.2 Å². The maximum Gasteiger partial charge on any atom is 0.176 e. The Morgan fingerprint density at radius 1 is 1.14 bits per heavy atom. The molecule has 0 radical (unpaired) electrons. The first-order chi connectivity index (χ1) is 10.6. The zero-order valence-corrected chi connectivity index (χ0v) is 12.6. The van der Waals surface area contributed by atoms with Crippen molar-refractivity contribution in [2.45, 2.75) is 32.1 Å². The fourth-order valence-electron chi connectivity index (χ4n) is 3.34. The molecule has 1 unspecified atom stereocenters. The lowest BCUT2D eigenvalue weighted by Crippen LogP contribution is -2.39. The summed E-state index contributed by atoms with van der Waals surface area (Å²) < 4.78 is 1.91. The molecule has 5 nitrogen and oxygen atoms in total. The van der Waals surface area contributed by atoms with Gasteiger partial charge in [0.15, 0.2) is 11.4 Å². The average molecular weight is 292 g/mol. The van der Waals surface area contributed by atoms with Crippen LogP contribution in [0.2, 0.25) is 0 Å². The van der Waals surface area contributed by atoms with Gasteiger partial charge in [-0.15, -0.1) is 0 Å². The van der Waals surface area contributed by atoms with Crippen molar-refractivity contribution in [3.05, 3.63) is 59.6 Å². The second-order valence-electron chi connectivity index (χ2n) is 6.04. The van der Waals surface area contributed by atoms with Crippen LogP contribution in [-0.4, -0.2) is 25.1 Å². The Labute approximate surface area is 128 Å². The number of carbonyl (C=O) groups excluding carboxylic acids is 1. The van der Waals surface area contributed by atoms with Crippen LogP contribution in [0.1, 0.15) is 40.7 Å². The van der Waals surface area contributed by atoms with E-state index >= 15 is 0 Å². The van der Waals surface area contributed by atoms with E-state index in [-0.39, 0.29) is 5.78 Å². The van der Waals surface area contributed by atoms with E-state index in [0.29, 0.717) is 6.42 Å². The Morgan fingerprint density at radius 3 is 2.73 bits per heavy atom. The van der Waals surface area contributed by atoms with Crippen molar-refractivity contribution in [3.8, 4) is 0 Å². The first-order valence-corrected chi connectivity index (χ1v) is 7.39. The van der Waals surface area contributed by atoms with Crippen LogP contribution in [-0.2, 0) is 11.8 Å². The highest BCUT2D eigenvalue weighted by Crippen LogP contribution is 2.38. The Hall–Kier alpha value is -2.56. The molecule has 110 valence electrons. The zero-order valence-electron chi connectivity index (χ0n) is 12.6. The molecule has 0 fully saturated rings. The summed E-state index contributed by atoms with van der Waals surface area (Å²) in [6.45, 7) is 3.94. The zero-order chi connectivity index (χ0) is 15.3. The van der Waals surface area contributed by atoms with Gasteiger partial charge in [-0.2, -0.15) is 0 Å². The minimum atomic E-state index is -0.658. The van der Waals surface area contributed by atoms with Crippen LogP contribution in [0.5, 0.6) is 0 Å². The summed E-state index contributed by atoms with van der Waals surface area (Å²) in [5, 5.41) is 0. The van der Waals surface area contributed by atoms with E-state index in [9.17, 15) is 4.79 Å². The molecule has 1 aliphatic carbocycles. The number of aryl methyl sites for hydroxylation is 2. The number of hydrogen-bond donors (Lipinski definition) is 0. The van der Waals surface area contributed by atoms with Crippen molar-refractivity contribution < 1.29 is 4.79 Å². The van der Waals surface area contributed by atoms with Gasteiger partial charge in [-0.3, -0.25) is 14.8 Å². The van der Waals surface area contributed by atoms with Gasteiger partial charge in [0.05, 0.1) is 16.8 Å². The van der Waals surface area contributed by atoms with E-state index in [1.807, 2.05) is 36.7 Å². The highest BCUT2D eigenvalue weighted by atomic mass is 16.1. The normalized spacial score (nSPS) is 21.1. The van der Waals surface area contributed by atoms with Crippen LogP contribution in [0.25, 0.3) is 5.65 Å². The molecule has 22 heavy (non-hydrogen) atoms. The minimum absolute atomic E-state index is 0.1000. The van der Waals surface area contributed by atoms with Gasteiger partial charge >= 0.3 is 0 Å². The number of imidazole rings is 1. The first-order valence-electron chi connectivity index (χ1n) is 7.39. The molecule has 0 saturated carbocycles. The molecule has 3 aromatic heterocycles. The third kappa shape index (κ3) is 1.65. The second-order valence-corrected chi connectivity index (χ2v) is 6.04. The van der Waals surface area contributed by atoms with Crippen molar-refractivity contribution >= 4 is 11.4 Å². The van der Waals surface area contributed by atoms with Crippen LogP contribution >= 0.6 is 0 Å². The number of ketones is 1. The van der Waals surface area contributed by atoms with E-state index in [2.05, 4.69) is 15.0 Å². The second kappa shape index (κ2) is 4.47. The average Bonchev–Trinajstić information content (AvgIpc) is 2.99. The van der Waals surface area contributed by atoms with Crippen molar-refractivity contribution in [3.63, 3.8) is 0 Å². The molecule has 0 amide bonds. The molecule has 0 N–H and O–H groups in total. The molecular formula is C17H16N4O. The van der Waals surface area contributed by atoms with Gasteiger partial charge in [-0.05, 0) is 38.3 Å². The van der Waals surface area contributed by atoms with Gasteiger partial charge in [-0.25, -0.2) is 4.98 Å². The summed E-state index contributed by atoms with van der Waals surface area (Å²) in [7, 11) is 0. The Kier molecular flexibility index (Phi) is 2.66. The molecule has 5 heteroatoms. The Morgan fingerprint density at radius 2 is 1.91 bits per heavy atom. The quantitative estimate of drug-likeness (QED) is 0.691. The number of pyridine rings is 1. The molecule has 3 aromatic rings. The summed E-state index contributed by atoms with van der Waals surface area (Å²) in [6.07, 6.45) is 10.4. The maximum atomic E-state index is 13.2.